The number of β-amino-alcohol motifs (C(OH)–C–C–N with tert-alkyl or cyclic N) is 3. The van der Waals surface area contributed by atoms with Crippen molar-refractivity contribution in [3.8, 4) is 0 Å². The number of rotatable bonds is 8. The van der Waals surface area contributed by atoms with Gasteiger partial charge in [-0.05, 0) is 285 Å². The number of carbonyl (C=O) groups excluding carboxylic acids is 1. The van der Waals surface area contributed by atoms with Crippen molar-refractivity contribution in [3.05, 3.63) is 0 Å². The van der Waals surface area contributed by atoms with Gasteiger partial charge in [0, 0.05) is 237 Å². The number of hydrogen-bond acceptors (Lipinski definition) is 35. The molecular weight excluding hydrogens is 1930 g/mol. The van der Waals surface area contributed by atoms with E-state index in [4.69, 9.17) is 45.3 Å². The zero-order valence-corrected chi connectivity index (χ0v) is 94.5. The molecule has 0 aromatic carbocycles. The largest absolute Gasteiger partial charge is 0.395 e. The van der Waals surface area contributed by atoms with Crippen LogP contribution in [0.25, 0.3) is 0 Å². The van der Waals surface area contributed by atoms with Crippen LogP contribution in [0.15, 0.2) is 0 Å². The summed E-state index contributed by atoms with van der Waals surface area (Å²) in [4.78, 5) is 15.8. The van der Waals surface area contributed by atoms with Gasteiger partial charge in [-0.25, -0.2) is 30.5 Å². The lowest BCUT2D eigenvalue weighted by atomic mass is 9.77. The summed E-state index contributed by atoms with van der Waals surface area (Å²) in [5.41, 5.74) is 1.56. The third-order valence-electron chi connectivity index (χ3n) is 28.7. The van der Waals surface area contributed by atoms with E-state index in [0.717, 1.165) is 249 Å². The lowest BCUT2D eigenvalue weighted by molar-refractivity contribution is -0.138. The van der Waals surface area contributed by atoms with E-state index in [0.29, 0.717) is 91.9 Å². The van der Waals surface area contributed by atoms with Crippen LogP contribution in [0.5, 0.6) is 0 Å². The fourth-order valence-electron chi connectivity index (χ4n) is 18.0. The van der Waals surface area contributed by atoms with E-state index in [1.54, 1.807) is 10.6 Å². The van der Waals surface area contributed by atoms with Crippen LogP contribution < -0.4 is 101 Å². The minimum absolute atomic E-state index is 0.0984. The predicted molar refractivity (Wildman–Crippen MR) is 595 cm³/mol. The Bertz CT molecular complexity index is 3840. The molecule has 142 heavy (non-hydrogen) atoms. The molecule has 44 heteroatoms. The Hall–Kier alpha value is -1.51. The molecule has 0 radical (unpaired) electrons. The van der Waals surface area contributed by atoms with E-state index in [1.807, 2.05) is 6.92 Å². The number of ether oxygens (including phenoxy) is 2. The highest BCUT2D eigenvalue weighted by Gasteiger charge is 2.47. The zero-order valence-electron chi connectivity index (χ0n) is 89.6. The number of nitrogens with two attached hydrogens (primary N) is 2. The van der Waals surface area contributed by atoms with Gasteiger partial charge in [-0.15, -0.1) is 0 Å². The molecular formula is C98H208N22O16S6. The average molecular weight is 2140 g/mol. The van der Waals surface area contributed by atoms with Crippen molar-refractivity contribution in [3.63, 3.8) is 0 Å². The quantitative estimate of drug-likeness (QED) is 0.0815. The second kappa shape index (κ2) is 68.6. The van der Waals surface area contributed by atoms with Crippen LogP contribution in [0.4, 0.5) is 0 Å². The number of aliphatic hydroxyl groups is 5. The number of piperidine rings is 6. The summed E-state index contributed by atoms with van der Waals surface area (Å²) in [5, 5.41) is 109. The maximum absolute atomic E-state index is 11.6. The molecule has 0 amide bonds. The third kappa shape index (κ3) is 62.0. The van der Waals surface area contributed by atoms with Gasteiger partial charge in [0.25, 0.3) is 0 Å². The molecule has 0 aromatic rings. The fraction of sp³-hybridized carbons (Fsp3) is 0.949. The first-order chi connectivity index (χ1) is 66.9. The van der Waals surface area contributed by atoms with Crippen molar-refractivity contribution in [2.45, 2.75) is 215 Å². The number of carbonyl (C=O) groups is 1. The number of hydrogen-bond donors (Lipinski definition) is 24. The number of aliphatic hydroxyl groups excluding tert-OH is 4. The van der Waals surface area contributed by atoms with Crippen LogP contribution >= 0.6 is 0 Å². The van der Waals surface area contributed by atoms with Gasteiger partial charge in [-0.3, -0.25) is 22.6 Å². The Labute approximate surface area is 862 Å². The van der Waals surface area contributed by atoms with Crippen molar-refractivity contribution >= 4 is 87.6 Å². The Kier molecular flexibility index (Phi) is 63.2. The predicted octanol–water partition coefficient (Wildman–Crippen LogP) is -3.95. The first kappa shape index (κ1) is 131. The maximum Gasteiger partial charge on any atom is 0.159 e. The van der Waals surface area contributed by atoms with Crippen molar-refractivity contribution in [2.24, 2.45) is 56.1 Å². The number of Topliss-reactive ketones (excluding diaryl/α,β-unsaturated/α-hetero) is 1. The molecule has 5 unspecified atom stereocenters. The molecule has 21 aliphatic rings. The van der Waals surface area contributed by atoms with Gasteiger partial charge in [0.1, 0.15) is 6.61 Å². The number of likely N-dealkylation sites (N-methyl/N-ethyl adjacent to an activating group) is 1. The van der Waals surface area contributed by atoms with Gasteiger partial charge >= 0.3 is 0 Å². The summed E-state index contributed by atoms with van der Waals surface area (Å²) in [7, 11) is -11.3. The van der Waals surface area contributed by atoms with Crippen LogP contribution in [0.1, 0.15) is 164 Å². The lowest BCUT2D eigenvalue weighted by Crippen LogP contribution is -2.59. The van der Waals surface area contributed by atoms with Gasteiger partial charge in [-0.2, -0.15) is 0 Å². The van der Waals surface area contributed by atoms with Gasteiger partial charge in [0.15, 0.2) is 25.5 Å². The van der Waals surface area contributed by atoms with Crippen LogP contribution in [0.3, 0.4) is 0 Å². The van der Waals surface area contributed by atoms with Gasteiger partial charge < -0.3 is 135 Å². The highest BCUT2D eigenvalue weighted by Crippen LogP contribution is 2.43. The molecule has 1 saturated carbocycles. The molecule has 20 saturated heterocycles. The topological polar surface area (TPSA) is 549 Å². The molecule has 842 valence electrons. The summed E-state index contributed by atoms with van der Waals surface area (Å²) < 4.78 is 99.6. The highest BCUT2D eigenvalue weighted by atomic mass is 32.2. The van der Waals surface area contributed by atoms with E-state index < -0.39 is 76.1 Å². The molecule has 1 aliphatic carbocycles. The van der Waals surface area contributed by atoms with Crippen LogP contribution in [0, 0.1) is 45.8 Å². The zero-order chi connectivity index (χ0) is 105. The summed E-state index contributed by atoms with van der Waals surface area (Å²) in [6.07, 6.45) is 22.6. The third-order valence-corrected chi connectivity index (χ3v) is 38.6. The minimum Gasteiger partial charge on any atom is -0.395 e. The van der Waals surface area contributed by atoms with E-state index in [-0.39, 0.29) is 27.8 Å². The molecule has 2 spiro atoms. The lowest BCUT2D eigenvalue weighted by Gasteiger charge is -2.44. The Morgan fingerprint density at radius 2 is 0.972 bits per heavy atom. The first-order valence-corrected chi connectivity index (χ1v) is 65.2. The second-order valence-electron chi connectivity index (χ2n) is 45.1. The number of nitrogens with one attached hydrogen (secondary N) is 17. The second-order valence-corrected chi connectivity index (χ2v) is 59.4. The van der Waals surface area contributed by atoms with Crippen molar-refractivity contribution < 1.29 is 73.5 Å². The molecule has 20 heterocycles. The van der Waals surface area contributed by atoms with Crippen LogP contribution in [-0.2, 0) is 72.6 Å². The minimum atomic E-state index is -2.73. The summed E-state index contributed by atoms with van der Waals surface area (Å²) >= 11 is 0. The molecule has 20 aliphatic heterocycles. The van der Waals surface area contributed by atoms with E-state index in [9.17, 15) is 38.5 Å². The Balaban J connectivity index is 0.000000267. The van der Waals surface area contributed by atoms with E-state index >= 15 is 0 Å². The molecule has 26 N–H and O–H groups in total. The monoisotopic (exact) mass is 2140 g/mol. The fourth-order valence-corrected chi connectivity index (χ4v) is 24.7. The molecule has 0 aromatic heterocycles. The number of nitrogens with zero attached hydrogens (tertiary/aromatic N) is 3. The SMILES string of the molecule is C1CC(C2COC2)CCN1.C1CC2(CC2)N1.C1CCNCC1.C=S(C)(=O)C1CCNCC1.C=S(N)(=O)C1CCNCC1.C=S(N)(=O)N1CCNCC1.C=S1(=O)CCC(C2CNC2)CC1.CC(C)(C)CN1CCNCC1.CC1(C)CNC1.CC1(O)CCNC1.CN1CCNCC1.CS(=O)(=O)C1CNC1.C[C@H]1CNC[C@@H](O)C1.O=C1COCC2(CNC2)C1.O=S1(=O)CCNCC1.OCC1CN1.O[C@@H]1CCNC[C@@H]1O. The van der Waals surface area contributed by atoms with Crippen molar-refractivity contribution in [2.75, 3.05) is 331 Å². The molecule has 38 nitrogen and oxygen atoms in total. The summed E-state index contributed by atoms with van der Waals surface area (Å²) in [6.45, 7) is 58.1. The Morgan fingerprint density at radius 3 is 1.22 bits per heavy atom. The van der Waals surface area contributed by atoms with E-state index in [1.165, 1.54) is 149 Å². The number of sulfone groups is 2. The first-order valence-electron chi connectivity index (χ1n) is 53.5. The Morgan fingerprint density at radius 1 is 0.493 bits per heavy atom. The molecule has 21 fully saturated rings. The van der Waals surface area contributed by atoms with Crippen molar-refractivity contribution in [1.29, 1.82) is 0 Å². The van der Waals surface area contributed by atoms with Crippen molar-refractivity contribution in [1.82, 2.24) is 104 Å². The number of piperazine rings is 3. The molecule has 0 bridgehead atoms. The summed E-state index contributed by atoms with van der Waals surface area (Å²) in [6, 6.07) is 0.440. The van der Waals surface area contributed by atoms with Crippen LogP contribution in [-0.4, -0.2) is 485 Å². The van der Waals surface area contributed by atoms with Gasteiger partial charge in [-0.1, -0.05) is 48.0 Å². The van der Waals surface area contributed by atoms with Crippen LogP contribution in [0.2, 0.25) is 0 Å². The molecule has 21 rings (SSSR count). The van der Waals surface area contributed by atoms with Gasteiger partial charge in [0.05, 0.1) is 77.0 Å². The highest BCUT2D eigenvalue weighted by molar-refractivity contribution is 8.00. The van der Waals surface area contributed by atoms with Gasteiger partial charge in [0.2, 0.25) is 0 Å². The summed E-state index contributed by atoms with van der Waals surface area (Å²) in [5.74, 6) is 21.2. The number of ketones is 1. The normalized spacial score (nSPS) is 31.1. The smallest absolute Gasteiger partial charge is 0.159 e. The standard InChI is InChI=1S/C9H20N2.C9H17NOS.C8H15NO.C7H11NO2.C7H15NOS.C6H14N2OS.C6H13NO.C5H13N3OS.C5H12N2.C5H11NO2.C5H11NO.C5H9N.2C5H11N.2C4H9NO2S.C3H7NO/c1-9(2,3)8-11-6-4-10-5-7-11;1-12(11)4-2-8(3-5-12)9-6-10-7-9;1-3-9-4-2-7(1)8-5-10-6-8;9-6-1-7(3-8-4-7)5-10-2-6;1-10(2,9)7-3-5-8-6-4-7;1-10(7,9)6-2-4-8-5-3-6;1-5-2-6(8)4-7-3-5;1-10(6,9)8-4-2-7-3-5-8;1-7-4-2-6-3-5-7;7-4-1-2-6-3-5(4)8;1-5(7)2-3-6-4-5;1-2-5(1)3-4-6-5;1-5(2)3-6-4-5;1-2-4-6-5-3-1;1-8(6,7)4-2-5-3-4;6-8(7)3-1-5-2-4-8;5-2-3-1-4-3/h10H,4-8H2,1-3H3;8-10H,1-7H2;7-9H,1-6H2;8H,1-5H2;7-8H,1,3-6H2,2H3;6,8H,1-5H2,(H2,7,9);5-8H,2-4H2,1H3;7H,1-5H2,(H2,6,9);6H,2-5H2,1H3;4-8H,1-3H2;6-7H,2-4H2,1H3;6H,1-4H2;6H,3-4H2,1-2H3;6H,1-5H2;4-5H,2-3H2,1H3;5H,1-4H2;3-5H,1-2H2/t;;;;;;5-,6+;;;4-,5+;;;;;;;/m......1..1......./s1. The molecule has 9 atom stereocenters. The maximum atomic E-state index is 11.6. The van der Waals surface area contributed by atoms with E-state index in [2.05, 4.69) is 172 Å². The average Bonchev–Trinajstić information content (AvgIpc) is 1.61.